The average Bonchev–Trinajstić information content (AvgIpc) is 3.14. The van der Waals surface area contributed by atoms with E-state index in [0.29, 0.717) is 11.3 Å². The number of carbonyl (C=O) groups excluding carboxylic acids is 1. The molecule has 1 amide bonds. The summed E-state index contributed by atoms with van der Waals surface area (Å²) in [6.45, 7) is -0.334. The smallest absolute Gasteiger partial charge is 0.339 e. The Morgan fingerprint density at radius 2 is 1.89 bits per heavy atom. The van der Waals surface area contributed by atoms with Crippen LogP contribution in [0.2, 0.25) is 0 Å². The molecule has 1 aliphatic rings. The fraction of sp³-hybridized carbons (Fsp3) is 0.200. The monoisotopic (exact) mass is 371 g/mol. The minimum absolute atomic E-state index is 0.127. The topological polar surface area (TPSA) is 68.5 Å². The molecule has 138 valence electrons. The normalized spacial score (nSPS) is 12.8. The molecular formula is C20H15F2NO4. The first-order valence-corrected chi connectivity index (χ1v) is 8.47. The number of amides is 1. The summed E-state index contributed by atoms with van der Waals surface area (Å²) in [5.41, 5.74) is 1.97. The van der Waals surface area contributed by atoms with Crippen LogP contribution in [0.3, 0.4) is 0 Å². The highest BCUT2D eigenvalue weighted by Crippen LogP contribution is 2.29. The lowest BCUT2D eigenvalue weighted by Gasteiger charge is -2.09. The highest BCUT2D eigenvalue weighted by molar-refractivity contribution is 5.92. The van der Waals surface area contributed by atoms with E-state index >= 15 is 0 Å². The van der Waals surface area contributed by atoms with Gasteiger partial charge in [-0.3, -0.25) is 4.79 Å². The molecule has 1 aromatic heterocycles. The average molecular weight is 371 g/mol. The van der Waals surface area contributed by atoms with Crippen molar-refractivity contribution in [3.63, 3.8) is 0 Å². The molecule has 0 spiro atoms. The van der Waals surface area contributed by atoms with E-state index in [1.54, 1.807) is 12.1 Å². The summed E-state index contributed by atoms with van der Waals surface area (Å²) < 4.78 is 36.8. The number of anilines is 1. The highest BCUT2D eigenvalue weighted by atomic mass is 19.2. The molecule has 0 saturated heterocycles. The zero-order chi connectivity index (χ0) is 19.0. The maximum absolute atomic E-state index is 13.2. The number of fused-ring (bicyclic) bond motifs is 3. The van der Waals surface area contributed by atoms with E-state index in [1.165, 1.54) is 6.07 Å². The SMILES string of the molecule is O=C(COc1ccc2c3c(c(=O)oc2c1)CCC3)Nc1ccc(F)c(F)c1. The third kappa shape index (κ3) is 3.40. The number of carbonyl (C=O) groups is 1. The molecule has 0 radical (unpaired) electrons. The molecule has 2 aromatic carbocycles. The highest BCUT2D eigenvalue weighted by Gasteiger charge is 2.19. The van der Waals surface area contributed by atoms with Crippen molar-refractivity contribution in [1.29, 1.82) is 0 Å². The van der Waals surface area contributed by atoms with Gasteiger partial charge in [0.15, 0.2) is 18.2 Å². The van der Waals surface area contributed by atoms with Crippen molar-refractivity contribution in [2.75, 3.05) is 11.9 Å². The van der Waals surface area contributed by atoms with Crippen LogP contribution < -0.4 is 15.7 Å². The third-order valence-corrected chi connectivity index (χ3v) is 4.52. The molecule has 7 heteroatoms. The Kier molecular flexibility index (Phi) is 4.35. The zero-order valence-corrected chi connectivity index (χ0v) is 14.2. The first-order chi connectivity index (χ1) is 13.0. The second-order valence-corrected chi connectivity index (χ2v) is 6.32. The molecule has 27 heavy (non-hydrogen) atoms. The fourth-order valence-corrected chi connectivity index (χ4v) is 3.27. The number of hydrogen-bond acceptors (Lipinski definition) is 4. The van der Waals surface area contributed by atoms with Crippen molar-refractivity contribution < 1.29 is 22.7 Å². The van der Waals surface area contributed by atoms with Crippen LogP contribution in [-0.4, -0.2) is 12.5 Å². The molecule has 0 saturated carbocycles. The standard InChI is InChI=1S/C20H15F2NO4/c21-16-7-4-11(8-17(16)22)23-19(24)10-26-12-5-6-14-13-2-1-3-15(13)20(25)27-18(14)9-12/h4-9H,1-3,10H2,(H,23,24). The largest absolute Gasteiger partial charge is 0.484 e. The minimum atomic E-state index is -1.05. The van der Waals surface area contributed by atoms with E-state index < -0.39 is 17.5 Å². The van der Waals surface area contributed by atoms with Gasteiger partial charge in [-0.15, -0.1) is 0 Å². The van der Waals surface area contributed by atoms with Crippen molar-refractivity contribution in [2.24, 2.45) is 0 Å². The number of benzene rings is 2. The number of halogens is 2. The van der Waals surface area contributed by atoms with Crippen LogP contribution in [0.25, 0.3) is 11.0 Å². The molecule has 0 unspecified atom stereocenters. The van der Waals surface area contributed by atoms with Gasteiger partial charge < -0.3 is 14.5 Å². The molecule has 1 heterocycles. The van der Waals surface area contributed by atoms with Gasteiger partial charge in [-0.1, -0.05) is 0 Å². The van der Waals surface area contributed by atoms with Gasteiger partial charge in [-0.2, -0.15) is 0 Å². The maximum Gasteiger partial charge on any atom is 0.339 e. The van der Waals surface area contributed by atoms with E-state index in [-0.39, 0.29) is 17.9 Å². The van der Waals surface area contributed by atoms with Gasteiger partial charge in [0.25, 0.3) is 5.91 Å². The Bertz CT molecular complexity index is 1110. The maximum atomic E-state index is 13.2. The summed E-state index contributed by atoms with van der Waals surface area (Å²) in [7, 11) is 0. The van der Waals surface area contributed by atoms with Crippen LogP contribution in [-0.2, 0) is 17.6 Å². The first kappa shape index (κ1) is 17.2. The van der Waals surface area contributed by atoms with E-state index in [2.05, 4.69) is 5.32 Å². The van der Waals surface area contributed by atoms with Crippen LogP contribution >= 0.6 is 0 Å². The van der Waals surface area contributed by atoms with E-state index in [1.807, 2.05) is 6.07 Å². The first-order valence-electron chi connectivity index (χ1n) is 8.47. The molecule has 3 aromatic rings. The molecular weight excluding hydrogens is 356 g/mol. The predicted octanol–water partition coefficient (Wildman–Crippen LogP) is 3.58. The Hall–Kier alpha value is -3.22. The van der Waals surface area contributed by atoms with Crippen molar-refractivity contribution in [3.8, 4) is 5.75 Å². The van der Waals surface area contributed by atoms with Gasteiger partial charge in [-0.25, -0.2) is 13.6 Å². The summed E-state index contributed by atoms with van der Waals surface area (Å²) >= 11 is 0. The lowest BCUT2D eigenvalue weighted by atomic mass is 10.1. The zero-order valence-electron chi connectivity index (χ0n) is 14.2. The van der Waals surface area contributed by atoms with Crippen LogP contribution in [0.4, 0.5) is 14.5 Å². The van der Waals surface area contributed by atoms with Gasteiger partial charge >= 0.3 is 5.63 Å². The molecule has 0 fully saturated rings. The summed E-state index contributed by atoms with van der Waals surface area (Å²) in [5.74, 6) is -2.21. The van der Waals surface area contributed by atoms with Crippen molar-refractivity contribution in [1.82, 2.24) is 0 Å². The van der Waals surface area contributed by atoms with Crippen LogP contribution in [0.1, 0.15) is 17.5 Å². The number of ether oxygens (including phenoxy) is 1. The van der Waals surface area contributed by atoms with Gasteiger partial charge in [0, 0.05) is 28.8 Å². The second kappa shape index (κ2) is 6.83. The lowest BCUT2D eigenvalue weighted by Crippen LogP contribution is -2.20. The van der Waals surface area contributed by atoms with Gasteiger partial charge in [0.2, 0.25) is 0 Å². The number of aryl methyl sites for hydroxylation is 1. The Morgan fingerprint density at radius 3 is 2.70 bits per heavy atom. The molecule has 4 rings (SSSR count). The van der Waals surface area contributed by atoms with E-state index in [4.69, 9.17) is 9.15 Å². The van der Waals surface area contributed by atoms with Crippen molar-refractivity contribution in [3.05, 3.63) is 69.6 Å². The third-order valence-electron chi connectivity index (χ3n) is 4.52. The Labute approximate surface area is 152 Å². The Balaban J connectivity index is 1.47. The van der Waals surface area contributed by atoms with Crippen LogP contribution in [0.15, 0.2) is 45.6 Å². The quantitative estimate of drug-likeness (QED) is 0.712. The number of nitrogens with one attached hydrogen (secondary N) is 1. The van der Waals surface area contributed by atoms with E-state index in [9.17, 15) is 18.4 Å². The lowest BCUT2D eigenvalue weighted by molar-refractivity contribution is -0.118. The number of rotatable bonds is 4. The summed E-state index contributed by atoms with van der Waals surface area (Å²) in [5, 5.41) is 3.29. The molecule has 1 N–H and O–H groups in total. The molecule has 5 nitrogen and oxygen atoms in total. The summed E-state index contributed by atoms with van der Waals surface area (Å²) in [4.78, 5) is 24.0. The van der Waals surface area contributed by atoms with Gasteiger partial charge in [-0.05, 0) is 49.1 Å². The summed E-state index contributed by atoms with van der Waals surface area (Å²) in [6, 6.07) is 8.15. The van der Waals surface area contributed by atoms with Gasteiger partial charge in [0.05, 0.1) is 0 Å². The van der Waals surface area contributed by atoms with Crippen molar-refractivity contribution in [2.45, 2.75) is 19.3 Å². The van der Waals surface area contributed by atoms with Crippen LogP contribution in [0, 0.1) is 11.6 Å². The predicted molar refractivity (Wildman–Crippen MR) is 95.0 cm³/mol. The fourth-order valence-electron chi connectivity index (χ4n) is 3.27. The molecule has 0 atom stereocenters. The molecule has 1 aliphatic carbocycles. The minimum Gasteiger partial charge on any atom is -0.484 e. The van der Waals surface area contributed by atoms with Crippen molar-refractivity contribution >= 4 is 22.6 Å². The van der Waals surface area contributed by atoms with Gasteiger partial charge in [0.1, 0.15) is 11.3 Å². The van der Waals surface area contributed by atoms with E-state index in [0.717, 1.165) is 47.9 Å². The number of hydrogen-bond donors (Lipinski definition) is 1. The molecule has 0 bridgehead atoms. The van der Waals surface area contributed by atoms with Crippen LogP contribution in [0.5, 0.6) is 5.75 Å². The Morgan fingerprint density at radius 1 is 1.07 bits per heavy atom. The molecule has 0 aliphatic heterocycles. The second-order valence-electron chi connectivity index (χ2n) is 6.32. The summed E-state index contributed by atoms with van der Waals surface area (Å²) in [6.07, 6.45) is 2.51.